The van der Waals surface area contributed by atoms with Crippen LogP contribution < -0.4 is 0 Å². The van der Waals surface area contributed by atoms with Crippen molar-refractivity contribution in [2.75, 3.05) is 26.2 Å². The Morgan fingerprint density at radius 2 is 1.74 bits per heavy atom. The third-order valence-corrected chi connectivity index (χ3v) is 9.77. The molecule has 0 N–H and O–H groups in total. The van der Waals surface area contributed by atoms with Crippen molar-refractivity contribution in [1.82, 2.24) is 14.1 Å². The third kappa shape index (κ3) is 4.47. The zero-order valence-corrected chi connectivity index (χ0v) is 21.3. The number of fused-ring (bicyclic) bond motifs is 2. The third-order valence-electron chi connectivity index (χ3n) is 7.96. The molecule has 0 aliphatic carbocycles. The number of amides is 2. The average Bonchev–Trinajstić information content (AvgIpc) is 3.41. The van der Waals surface area contributed by atoms with E-state index in [1.165, 1.54) is 19.3 Å². The SMILES string of the molecule is CCC[C@H]1C(=O)N(S(=O)(=O)c2ccc3ccccc3c2)[C@H]2CCN(C(=O)CCN3CCCCC3)[C@H]12. The average molecular weight is 498 g/mol. The monoisotopic (exact) mass is 497 g/mol. The van der Waals surface area contributed by atoms with Gasteiger partial charge < -0.3 is 9.80 Å². The molecule has 2 amide bonds. The first kappa shape index (κ1) is 24.3. The highest BCUT2D eigenvalue weighted by atomic mass is 32.2. The number of rotatable bonds is 7. The van der Waals surface area contributed by atoms with Crippen molar-refractivity contribution in [2.45, 2.75) is 68.8 Å². The van der Waals surface area contributed by atoms with Gasteiger partial charge in [0.1, 0.15) is 0 Å². The van der Waals surface area contributed by atoms with Gasteiger partial charge in [-0.15, -0.1) is 0 Å². The van der Waals surface area contributed by atoms with Gasteiger partial charge in [0, 0.05) is 19.5 Å². The molecule has 35 heavy (non-hydrogen) atoms. The number of piperidine rings is 1. The second-order valence-electron chi connectivity index (χ2n) is 10.1. The van der Waals surface area contributed by atoms with Crippen molar-refractivity contribution >= 4 is 32.6 Å². The summed E-state index contributed by atoms with van der Waals surface area (Å²) in [6.45, 7) is 5.31. The molecule has 3 saturated heterocycles. The van der Waals surface area contributed by atoms with Gasteiger partial charge in [-0.25, -0.2) is 12.7 Å². The molecule has 2 aromatic rings. The molecule has 0 saturated carbocycles. The number of hydrogen-bond donors (Lipinski definition) is 0. The van der Waals surface area contributed by atoms with E-state index in [0.717, 1.165) is 41.1 Å². The topological polar surface area (TPSA) is 78.0 Å². The number of likely N-dealkylation sites (tertiary alicyclic amines) is 2. The van der Waals surface area contributed by atoms with E-state index in [1.54, 1.807) is 18.2 Å². The minimum Gasteiger partial charge on any atom is -0.337 e. The molecule has 0 spiro atoms. The van der Waals surface area contributed by atoms with Crippen LogP contribution in [0.4, 0.5) is 0 Å². The Labute approximate surface area is 208 Å². The number of hydrogen-bond acceptors (Lipinski definition) is 5. The van der Waals surface area contributed by atoms with Crippen LogP contribution in [0.3, 0.4) is 0 Å². The van der Waals surface area contributed by atoms with Crippen LogP contribution in [0.15, 0.2) is 47.4 Å². The quantitative estimate of drug-likeness (QED) is 0.584. The summed E-state index contributed by atoms with van der Waals surface area (Å²) in [6.07, 6.45) is 5.88. The summed E-state index contributed by atoms with van der Waals surface area (Å²) < 4.78 is 28.7. The Balaban J connectivity index is 1.40. The van der Waals surface area contributed by atoms with E-state index in [2.05, 4.69) is 4.90 Å². The highest BCUT2D eigenvalue weighted by Crippen LogP contribution is 2.42. The van der Waals surface area contributed by atoms with Crippen LogP contribution in [-0.4, -0.2) is 72.6 Å². The van der Waals surface area contributed by atoms with E-state index >= 15 is 0 Å². The Hall–Kier alpha value is -2.45. The molecule has 0 bridgehead atoms. The normalized spacial score (nSPS) is 25.4. The van der Waals surface area contributed by atoms with Crippen LogP contribution in [0, 0.1) is 5.92 Å². The molecule has 2 aromatic carbocycles. The zero-order chi connectivity index (χ0) is 24.6. The molecule has 3 heterocycles. The molecule has 3 atom stereocenters. The van der Waals surface area contributed by atoms with Gasteiger partial charge in [0.05, 0.1) is 22.9 Å². The van der Waals surface area contributed by atoms with Crippen molar-refractivity contribution in [3.05, 3.63) is 42.5 Å². The van der Waals surface area contributed by atoms with Crippen molar-refractivity contribution in [1.29, 1.82) is 0 Å². The Kier molecular flexibility index (Phi) is 6.86. The van der Waals surface area contributed by atoms with Crippen molar-refractivity contribution in [3.8, 4) is 0 Å². The zero-order valence-electron chi connectivity index (χ0n) is 20.4. The fourth-order valence-electron chi connectivity index (χ4n) is 6.23. The lowest BCUT2D eigenvalue weighted by Crippen LogP contribution is -2.44. The smallest absolute Gasteiger partial charge is 0.266 e. The maximum Gasteiger partial charge on any atom is 0.266 e. The number of carbonyl (C=O) groups excluding carboxylic acids is 2. The van der Waals surface area contributed by atoms with Gasteiger partial charge in [-0.3, -0.25) is 9.59 Å². The minimum atomic E-state index is -4.03. The number of nitrogens with zero attached hydrogens (tertiary/aromatic N) is 3. The standard InChI is InChI=1S/C27H35N3O4S/c1-2-8-23-26-24(13-18-29(26)25(31)14-17-28-15-6-3-7-16-28)30(27(23)32)35(33,34)22-12-11-20-9-4-5-10-21(20)19-22/h4-5,9-12,19,23-24,26H,2-3,6-8,13-18H2,1H3/t23-,24+,26-/m1/s1. The predicted octanol–water partition coefficient (Wildman–Crippen LogP) is 3.63. The Bertz CT molecular complexity index is 1210. The summed E-state index contributed by atoms with van der Waals surface area (Å²) in [4.78, 5) is 31.1. The second kappa shape index (κ2) is 9.90. The first-order chi connectivity index (χ1) is 16.9. The van der Waals surface area contributed by atoms with Crippen LogP contribution in [0.1, 0.15) is 51.9 Å². The predicted molar refractivity (Wildman–Crippen MR) is 135 cm³/mol. The second-order valence-corrected chi connectivity index (χ2v) is 11.9. The molecule has 0 radical (unpaired) electrons. The molecule has 3 aliphatic heterocycles. The van der Waals surface area contributed by atoms with Crippen LogP contribution in [0.25, 0.3) is 10.8 Å². The van der Waals surface area contributed by atoms with Gasteiger partial charge in [-0.1, -0.05) is 50.1 Å². The summed E-state index contributed by atoms with van der Waals surface area (Å²) >= 11 is 0. The van der Waals surface area contributed by atoms with E-state index in [4.69, 9.17) is 0 Å². The van der Waals surface area contributed by atoms with Crippen LogP contribution >= 0.6 is 0 Å². The van der Waals surface area contributed by atoms with Gasteiger partial charge in [0.15, 0.2) is 0 Å². The molecule has 188 valence electrons. The van der Waals surface area contributed by atoms with E-state index in [9.17, 15) is 18.0 Å². The summed E-state index contributed by atoms with van der Waals surface area (Å²) in [5, 5.41) is 1.77. The minimum absolute atomic E-state index is 0.0435. The first-order valence-electron chi connectivity index (χ1n) is 13.0. The highest BCUT2D eigenvalue weighted by Gasteiger charge is 2.58. The van der Waals surface area contributed by atoms with E-state index in [-0.39, 0.29) is 22.8 Å². The number of benzene rings is 2. The molecular weight excluding hydrogens is 462 g/mol. The maximum absolute atomic E-state index is 13.8. The number of sulfonamides is 1. The largest absolute Gasteiger partial charge is 0.337 e. The molecular formula is C27H35N3O4S. The van der Waals surface area contributed by atoms with Gasteiger partial charge in [0.2, 0.25) is 11.8 Å². The lowest BCUT2D eigenvalue weighted by molar-refractivity contribution is -0.134. The lowest BCUT2D eigenvalue weighted by atomic mass is 9.94. The molecule has 3 aliphatic rings. The molecule has 8 heteroatoms. The first-order valence-corrected chi connectivity index (χ1v) is 14.4. The van der Waals surface area contributed by atoms with Gasteiger partial charge in [-0.2, -0.15) is 0 Å². The van der Waals surface area contributed by atoms with Crippen LogP contribution in [0.2, 0.25) is 0 Å². The molecule has 3 fully saturated rings. The van der Waals surface area contributed by atoms with Crippen LogP contribution in [0.5, 0.6) is 0 Å². The van der Waals surface area contributed by atoms with Crippen molar-refractivity contribution in [2.24, 2.45) is 5.92 Å². The van der Waals surface area contributed by atoms with E-state index in [0.29, 0.717) is 25.8 Å². The summed E-state index contributed by atoms with van der Waals surface area (Å²) in [5.74, 6) is -0.785. The van der Waals surface area contributed by atoms with E-state index in [1.807, 2.05) is 36.1 Å². The lowest BCUT2D eigenvalue weighted by Gasteiger charge is -2.30. The molecule has 0 unspecified atom stereocenters. The molecule has 5 rings (SSSR count). The Morgan fingerprint density at radius 3 is 2.49 bits per heavy atom. The molecule has 7 nitrogen and oxygen atoms in total. The summed E-state index contributed by atoms with van der Waals surface area (Å²) in [5.41, 5.74) is 0. The van der Waals surface area contributed by atoms with Gasteiger partial charge in [-0.05, 0) is 61.7 Å². The summed E-state index contributed by atoms with van der Waals surface area (Å²) in [7, 11) is -4.03. The van der Waals surface area contributed by atoms with E-state index < -0.39 is 22.0 Å². The van der Waals surface area contributed by atoms with Gasteiger partial charge in [0.25, 0.3) is 10.0 Å². The fourth-order valence-corrected chi connectivity index (χ4v) is 7.93. The van der Waals surface area contributed by atoms with Crippen LogP contribution in [-0.2, 0) is 19.6 Å². The highest BCUT2D eigenvalue weighted by molar-refractivity contribution is 7.89. The molecule has 0 aromatic heterocycles. The fraction of sp³-hybridized carbons (Fsp3) is 0.556. The van der Waals surface area contributed by atoms with Crippen molar-refractivity contribution < 1.29 is 18.0 Å². The Morgan fingerprint density at radius 1 is 1.00 bits per heavy atom. The number of carbonyl (C=O) groups is 2. The van der Waals surface area contributed by atoms with Gasteiger partial charge >= 0.3 is 0 Å². The maximum atomic E-state index is 13.8. The summed E-state index contributed by atoms with van der Waals surface area (Å²) in [6, 6.07) is 11.8. The van der Waals surface area contributed by atoms with Crippen molar-refractivity contribution in [3.63, 3.8) is 0 Å².